The van der Waals surface area contributed by atoms with Crippen molar-refractivity contribution in [3.05, 3.63) is 41.5 Å². The molecule has 0 fully saturated rings. The molecule has 20 heavy (non-hydrogen) atoms. The molecule has 3 heteroatoms. The van der Waals surface area contributed by atoms with Crippen LogP contribution in [0.4, 0.5) is 0 Å². The van der Waals surface area contributed by atoms with Crippen LogP contribution in [0.5, 0.6) is 0 Å². The molecule has 110 valence electrons. The Balaban J connectivity index is 2.59. The van der Waals surface area contributed by atoms with E-state index in [1.54, 1.807) is 13.0 Å². The summed E-state index contributed by atoms with van der Waals surface area (Å²) in [6.07, 6.45) is 8.98. The Kier molecular flexibility index (Phi) is 7.66. The molecule has 2 N–H and O–H groups in total. The van der Waals surface area contributed by atoms with Crippen molar-refractivity contribution < 1.29 is 9.90 Å². The average Bonchev–Trinajstić information content (AvgIpc) is 2.47. The lowest BCUT2D eigenvalue weighted by Gasteiger charge is -2.10. The highest BCUT2D eigenvalue weighted by molar-refractivity contribution is 5.94. The number of hydrogen-bond donors (Lipinski definition) is 2. The first-order chi connectivity index (χ1) is 9.67. The van der Waals surface area contributed by atoms with E-state index in [1.807, 2.05) is 18.2 Å². The van der Waals surface area contributed by atoms with Gasteiger partial charge in [0, 0.05) is 11.6 Å². The van der Waals surface area contributed by atoms with Gasteiger partial charge in [-0.2, -0.15) is 0 Å². The van der Waals surface area contributed by atoms with E-state index < -0.39 is 0 Å². The number of aliphatic hydroxyl groups is 1. The maximum absolute atomic E-state index is 11.9. The number of aliphatic hydroxyl groups excluding tert-OH is 1. The molecule has 1 atom stereocenters. The van der Waals surface area contributed by atoms with Crippen LogP contribution in [-0.2, 0) is 0 Å². The van der Waals surface area contributed by atoms with E-state index in [1.165, 1.54) is 19.3 Å². The van der Waals surface area contributed by atoms with Gasteiger partial charge in [-0.05, 0) is 37.5 Å². The molecule has 0 saturated carbocycles. The van der Waals surface area contributed by atoms with Crippen molar-refractivity contribution in [2.24, 2.45) is 0 Å². The minimum atomic E-state index is -0.226. The maximum atomic E-state index is 11.9. The van der Waals surface area contributed by atoms with Crippen LogP contribution in [0.15, 0.2) is 30.3 Å². The molecule has 0 aromatic heterocycles. The third-order valence-corrected chi connectivity index (χ3v) is 3.08. The van der Waals surface area contributed by atoms with Gasteiger partial charge in [-0.3, -0.25) is 4.79 Å². The number of nitrogens with one attached hydrogen (secondary N) is 1. The molecule has 1 amide bonds. The summed E-state index contributed by atoms with van der Waals surface area (Å²) in [6.45, 7) is 3.91. The fraction of sp³-hybridized carbons (Fsp3) is 0.471. The van der Waals surface area contributed by atoms with E-state index in [0.29, 0.717) is 5.56 Å². The zero-order valence-corrected chi connectivity index (χ0v) is 12.4. The van der Waals surface area contributed by atoms with Crippen molar-refractivity contribution in [2.45, 2.75) is 45.6 Å². The summed E-state index contributed by atoms with van der Waals surface area (Å²) in [7, 11) is 0. The minimum absolute atomic E-state index is 0.0528. The highest BCUT2D eigenvalue weighted by atomic mass is 16.3. The molecule has 0 saturated heterocycles. The molecule has 0 aliphatic heterocycles. The fourth-order valence-corrected chi connectivity index (χ4v) is 1.87. The van der Waals surface area contributed by atoms with Crippen LogP contribution in [0.2, 0.25) is 0 Å². The normalized spacial score (nSPS) is 12.6. The summed E-state index contributed by atoms with van der Waals surface area (Å²) >= 11 is 0. The number of hydrogen-bond acceptors (Lipinski definition) is 2. The van der Waals surface area contributed by atoms with Gasteiger partial charge < -0.3 is 10.4 Å². The molecule has 3 nitrogen and oxygen atoms in total. The molecular weight excluding hydrogens is 250 g/mol. The fourth-order valence-electron chi connectivity index (χ4n) is 1.87. The molecular formula is C17H25NO2. The lowest BCUT2D eigenvalue weighted by molar-refractivity contribution is 0.0922. The monoisotopic (exact) mass is 275 g/mol. The molecule has 1 aromatic rings. The van der Waals surface area contributed by atoms with Crippen LogP contribution in [0.3, 0.4) is 0 Å². The minimum Gasteiger partial charge on any atom is -0.394 e. The quantitative estimate of drug-likeness (QED) is 0.714. The highest BCUT2D eigenvalue weighted by Gasteiger charge is 2.08. The topological polar surface area (TPSA) is 49.3 Å². The Hall–Kier alpha value is -1.61. The zero-order chi connectivity index (χ0) is 14.8. The molecule has 0 aliphatic carbocycles. The van der Waals surface area contributed by atoms with Gasteiger partial charge in [0.1, 0.15) is 0 Å². The number of carbonyl (C=O) groups excluding carboxylic acids is 1. The molecule has 1 aromatic carbocycles. The van der Waals surface area contributed by atoms with Crippen molar-refractivity contribution in [3.63, 3.8) is 0 Å². The Morgan fingerprint density at radius 2 is 2.20 bits per heavy atom. The summed E-state index contributed by atoms with van der Waals surface area (Å²) in [5.74, 6) is -0.146. The zero-order valence-electron chi connectivity index (χ0n) is 12.4. The van der Waals surface area contributed by atoms with Crippen molar-refractivity contribution in [1.29, 1.82) is 0 Å². The standard InChI is InChI=1S/C17H25NO2/c1-3-4-5-6-7-9-15-10-8-11-16(12-15)17(20)18-14(2)13-19/h7-12,14,19H,3-6,13H2,1-2H3,(H,18,20)/b9-7+. The first-order valence-corrected chi connectivity index (χ1v) is 7.35. The summed E-state index contributed by atoms with van der Waals surface area (Å²) in [6, 6.07) is 7.30. The second-order valence-corrected chi connectivity index (χ2v) is 5.08. The smallest absolute Gasteiger partial charge is 0.251 e. The predicted octanol–water partition coefficient (Wildman–Crippen LogP) is 3.39. The van der Waals surface area contributed by atoms with Crippen LogP contribution < -0.4 is 5.32 Å². The third kappa shape index (κ3) is 6.02. The van der Waals surface area contributed by atoms with Crippen LogP contribution in [0.1, 0.15) is 55.5 Å². The molecule has 0 spiro atoms. The molecule has 0 aliphatic rings. The van der Waals surface area contributed by atoms with Gasteiger partial charge in [-0.25, -0.2) is 0 Å². The highest BCUT2D eigenvalue weighted by Crippen LogP contribution is 2.09. The molecule has 0 radical (unpaired) electrons. The van der Waals surface area contributed by atoms with E-state index in [9.17, 15) is 4.79 Å². The van der Waals surface area contributed by atoms with Crippen LogP contribution in [0, 0.1) is 0 Å². The van der Waals surface area contributed by atoms with Gasteiger partial charge in [0.05, 0.1) is 6.61 Å². The average molecular weight is 275 g/mol. The number of carbonyl (C=O) groups is 1. The van der Waals surface area contributed by atoms with E-state index in [4.69, 9.17) is 5.11 Å². The van der Waals surface area contributed by atoms with Crippen LogP contribution in [0.25, 0.3) is 6.08 Å². The summed E-state index contributed by atoms with van der Waals surface area (Å²) in [4.78, 5) is 11.9. The lowest BCUT2D eigenvalue weighted by Crippen LogP contribution is -2.34. The third-order valence-electron chi connectivity index (χ3n) is 3.08. The molecule has 0 heterocycles. The van der Waals surface area contributed by atoms with Gasteiger partial charge in [0.15, 0.2) is 0 Å². The second-order valence-electron chi connectivity index (χ2n) is 5.08. The number of unbranched alkanes of at least 4 members (excludes halogenated alkanes) is 3. The summed E-state index contributed by atoms with van der Waals surface area (Å²) < 4.78 is 0. The molecule has 1 unspecified atom stereocenters. The Morgan fingerprint density at radius 1 is 1.40 bits per heavy atom. The first kappa shape index (κ1) is 16.4. The Bertz CT molecular complexity index is 440. The Morgan fingerprint density at radius 3 is 2.90 bits per heavy atom. The summed E-state index contributed by atoms with van der Waals surface area (Å²) in [5.41, 5.74) is 1.66. The van der Waals surface area contributed by atoms with Crippen molar-refractivity contribution in [1.82, 2.24) is 5.32 Å². The molecule has 0 bridgehead atoms. The van der Waals surface area contributed by atoms with E-state index in [-0.39, 0.29) is 18.6 Å². The number of rotatable bonds is 8. The van der Waals surface area contributed by atoms with E-state index in [2.05, 4.69) is 24.4 Å². The number of amides is 1. The number of benzene rings is 1. The maximum Gasteiger partial charge on any atom is 0.251 e. The second kappa shape index (κ2) is 9.32. The van der Waals surface area contributed by atoms with Gasteiger partial charge in [0.2, 0.25) is 0 Å². The molecule has 1 rings (SSSR count). The first-order valence-electron chi connectivity index (χ1n) is 7.35. The number of allylic oxidation sites excluding steroid dienone is 1. The van der Waals surface area contributed by atoms with Gasteiger partial charge in [0.25, 0.3) is 5.91 Å². The lowest BCUT2D eigenvalue weighted by atomic mass is 10.1. The Labute approximate surface area is 121 Å². The van der Waals surface area contributed by atoms with Crippen LogP contribution >= 0.6 is 0 Å². The van der Waals surface area contributed by atoms with Crippen molar-refractivity contribution in [3.8, 4) is 0 Å². The SMILES string of the molecule is CCCCC/C=C/c1cccc(C(=O)NC(C)CO)c1. The predicted molar refractivity (Wildman–Crippen MR) is 83.6 cm³/mol. The van der Waals surface area contributed by atoms with Gasteiger partial charge >= 0.3 is 0 Å². The summed E-state index contributed by atoms with van der Waals surface area (Å²) in [5, 5.41) is 11.7. The van der Waals surface area contributed by atoms with E-state index >= 15 is 0 Å². The largest absolute Gasteiger partial charge is 0.394 e. The van der Waals surface area contributed by atoms with E-state index in [0.717, 1.165) is 12.0 Å². The van der Waals surface area contributed by atoms with Crippen molar-refractivity contribution in [2.75, 3.05) is 6.61 Å². The van der Waals surface area contributed by atoms with Crippen molar-refractivity contribution >= 4 is 12.0 Å². The van der Waals surface area contributed by atoms with Crippen LogP contribution in [-0.4, -0.2) is 23.7 Å². The van der Waals surface area contributed by atoms with Gasteiger partial charge in [-0.1, -0.05) is 44.1 Å². The van der Waals surface area contributed by atoms with Gasteiger partial charge in [-0.15, -0.1) is 0 Å².